The van der Waals surface area contributed by atoms with Crippen LogP contribution in [0, 0.1) is 0 Å². The molecule has 0 radical (unpaired) electrons. The summed E-state index contributed by atoms with van der Waals surface area (Å²) in [7, 11) is 3.50. The zero-order valence-electron chi connectivity index (χ0n) is 13.2. The van der Waals surface area contributed by atoms with Crippen LogP contribution in [-0.2, 0) is 16.7 Å². The Morgan fingerprint density at radius 3 is 2.83 bits per heavy atom. The molecule has 0 spiro atoms. The molecule has 23 heavy (non-hydrogen) atoms. The highest BCUT2D eigenvalue weighted by atomic mass is 35.5. The van der Waals surface area contributed by atoms with E-state index >= 15 is 0 Å². The van der Waals surface area contributed by atoms with Gasteiger partial charge < -0.3 is 9.74 Å². The van der Waals surface area contributed by atoms with Gasteiger partial charge in [-0.2, -0.15) is 5.10 Å². The van der Waals surface area contributed by atoms with E-state index in [4.69, 9.17) is 16.4 Å². The lowest BCUT2D eigenvalue weighted by Crippen LogP contribution is -2.45. The van der Waals surface area contributed by atoms with Crippen LogP contribution in [0.1, 0.15) is 18.9 Å². The van der Waals surface area contributed by atoms with E-state index in [0.29, 0.717) is 22.8 Å². The van der Waals surface area contributed by atoms with Crippen LogP contribution in [0.2, 0.25) is 5.02 Å². The highest BCUT2D eigenvalue weighted by Crippen LogP contribution is 2.31. The third-order valence-electron chi connectivity index (χ3n) is 3.88. The second-order valence-corrected chi connectivity index (χ2v) is 6.16. The lowest BCUT2D eigenvalue weighted by atomic mass is 9.94. The molecule has 6 nitrogen and oxygen atoms in total. The maximum atomic E-state index is 12.8. The Morgan fingerprint density at radius 1 is 1.43 bits per heavy atom. The maximum absolute atomic E-state index is 12.8. The van der Waals surface area contributed by atoms with Gasteiger partial charge in [-0.1, -0.05) is 35.0 Å². The van der Waals surface area contributed by atoms with Crippen molar-refractivity contribution in [1.82, 2.24) is 9.78 Å². The van der Waals surface area contributed by atoms with Crippen molar-refractivity contribution in [2.24, 2.45) is 12.2 Å². The quantitative estimate of drug-likeness (QED) is 0.868. The first kappa shape index (κ1) is 15.6. The summed E-state index contributed by atoms with van der Waals surface area (Å²) in [4.78, 5) is 19.8. The largest absolute Gasteiger partial charge is 0.379 e. The van der Waals surface area contributed by atoms with E-state index in [1.54, 1.807) is 44.2 Å². The SMILES string of the molecule is CN(C(=O)C1(C)CC(c2ccccc2Cl)=NO1)c1cnn(C)c1. The van der Waals surface area contributed by atoms with Gasteiger partial charge in [0.1, 0.15) is 0 Å². The van der Waals surface area contributed by atoms with E-state index in [1.807, 2.05) is 18.2 Å². The van der Waals surface area contributed by atoms with Crippen molar-refractivity contribution < 1.29 is 9.63 Å². The monoisotopic (exact) mass is 332 g/mol. The average Bonchev–Trinajstić information content (AvgIpc) is 3.13. The van der Waals surface area contributed by atoms with Gasteiger partial charge in [-0.3, -0.25) is 9.48 Å². The summed E-state index contributed by atoms with van der Waals surface area (Å²) in [6, 6.07) is 7.38. The molecule has 1 amide bonds. The summed E-state index contributed by atoms with van der Waals surface area (Å²) in [6.07, 6.45) is 3.76. The van der Waals surface area contributed by atoms with Crippen molar-refractivity contribution in [1.29, 1.82) is 0 Å². The normalized spacial score (nSPS) is 20.1. The van der Waals surface area contributed by atoms with Gasteiger partial charge in [-0.25, -0.2) is 0 Å². The molecule has 1 aromatic heterocycles. The van der Waals surface area contributed by atoms with E-state index in [0.717, 1.165) is 5.56 Å². The number of carbonyl (C=O) groups is 1. The summed E-state index contributed by atoms with van der Waals surface area (Å²) >= 11 is 6.20. The summed E-state index contributed by atoms with van der Waals surface area (Å²) in [5, 5.41) is 8.76. The second-order valence-electron chi connectivity index (χ2n) is 5.75. The summed E-state index contributed by atoms with van der Waals surface area (Å²) < 4.78 is 1.64. The van der Waals surface area contributed by atoms with E-state index in [9.17, 15) is 4.79 Å². The predicted octanol–water partition coefficient (Wildman–Crippen LogP) is 2.62. The number of likely N-dealkylation sites (N-methyl/N-ethyl adjacent to an activating group) is 1. The Morgan fingerprint density at radius 2 is 2.17 bits per heavy atom. The number of amides is 1. The van der Waals surface area contributed by atoms with Crippen LogP contribution in [0.5, 0.6) is 0 Å². The molecule has 0 N–H and O–H groups in total. The third-order valence-corrected chi connectivity index (χ3v) is 4.21. The van der Waals surface area contributed by atoms with Gasteiger partial charge in [-0.05, 0) is 13.0 Å². The van der Waals surface area contributed by atoms with Crippen LogP contribution in [0.25, 0.3) is 0 Å². The standard InChI is InChI=1S/C16H17ClN4O2/c1-16(15(22)21(3)11-9-18-20(2)10-11)8-14(19-23-16)12-6-4-5-7-13(12)17/h4-7,9-10H,8H2,1-3H3. The number of hydrogen-bond acceptors (Lipinski definition) is 4. The lowest BCUT2D eigenvalue weighted by Gasteiger charge is -2.26. The second kappa shape index (κ2) is 5.70. The molecule has 7 heteroatoms. The number of carbonyl (C=O) groups excluding carboxylic acids is 1. The fraction of sp³-hybridized carbons (Fsp3) is 0.312. The minimum Gasteiger partial charge on any atom is -0.379 e. The van der Waals surface area contributed by atoms with Crippen molar-refractivity contribution in [2.45, 2.75) is 18.9 Å². The first-order chi connectivity index (χ1) is 10.9. The van der Waals surface area contributed by atoms with Crippen molar-refractivity contribution in [2.75, 3.05) is 11.9 Å². The third kappa shape index (κ3) is 2.82. The minimum atomic E-state index is -1.06. The molecule has 1 aromatic carbocycles. The molecule has 1 atom stereocenters. The Balaban J connectivity index is 1.79. The van der Waals surface area contributed by atoms with E-state index in [1.165, 1.54) is 4.90 Å². The number of aryl methyl sites for hydroxylation is 1. The Hall–Kier alpha value is -2.34. The smallest absolute Gasteiger partial charge is 0.273 e. The van der Waals surface area contributed by atoms with Crippen molar-refractivity contribution in [3.05, 3.63) is 47.2 Å². The van der Waals surface area contributed by atoms with Crippen LogP contribution in [0.15, 0.2) is 41.8 Å². The first-order valence-corrected chi connectivity index (χ1v) is 7.55. The minimum absolute atomic E-state index is 0.184. The molecule has 2 heterocycles. The molecule has 2 aromatic rings. The zero-order chi connectivity index (χ0) is 16.6. The Kier molecular flexibility index (Phi) is 3.85. The summed E-state index contributed by atoms with van der Waals surface area (Å²) in [6.45, 7) is 1.73. The van der Waals surface area contributed by atoms with Crippen molar-refractivity contribution in [3.63, 3.8) is 0 Å². The topological polar surface area (TPSA) is 59.7 Å². The van der Waals surface area contributed by atoms with Crippen molar-refractivity contribution >= 4 is 28.9 Å². The molecule has 0 aliphatic carbocycles. The average molecular weight is 333 g/mol. The lowest BCUT2D eigenvalue weighted by molar-refractivity contribution is -0.138. The van der Waals surface area contributed by atoms with Gasteiger partial charge in [0.2, 0.25) is 5.60 Å². The van der Waals surface area contributed by atoms with Crippen LogP contribution in [-0.4, -0.2) is 34.0 Å². The summed E-state index contributed by atoms with van der Waals surface area (Å²) in [5.41, 5.74) is 1.10. The van der Waals surface area contributed by atoms with E-state index in [2.05, 4.69) is 10.3 Å². The molecule has 0 saturated carbocycles. The number of anilines is 1. The number of halogens is 1. The number of oxime groups is 1. The fourth-order valence-electron chi connectivity index (χ4n) is 2.55. The molecular formula is C16H17ClN4O2. The number of hydrogen-bond donors (Lipinski definition) is 0. The highest BCUT2D eigenvalue weighted by molar-refractivity contribution is 6.34. The number of aromatic nitrogens is 2. The predicted molar refractivity (Wildman–Crippen MR) is 88.7 cm³/mol. The molecule has 1 unspecified atom stereocenters. The maximum Gasteiger partial charge on any atom is 0.273 e. The Labute approximate surface area is 139 Å². The van der Waals surface area contributed by atoms with E-state index in [-0.39, 0.29) is 5.91 Å². The number of nitrogens with zero attached hydrogens (tertiary/aromatic N) is 4. The Bertz CT molecular complexity index is 786. The van der Waals surface area contributed by atoms with Crippen LogP contribution < -0.4 is 4.90 Å². The van der Waals surface area contributed by atoms with Gasteiger partial charge >= 0.3 is 0 Å². The first-order valence-electron chi connectivity index (χ1n) is 7.17. The van der Waals surface area contributed by atoms with Crippen molar-refractivity contribution in [3.8, 4) is 0 Å². The van der Waals surface area contributed by atoms with Gasteiger partial charge in [0.05, 0.1) is 17.6 Å². The van der Waals surface area contributed by atoms with E-state index < -0.39 is 5.60 Å². The number of rotatable bonds is 3. The highest BCUT2D eigenvalue weighted by Gasteiger charge is 2.44. The van der Waals surface area contributed by atoms with Crippen LogP contribution >= 0.6 is 11.6 Å². The van der Waals surface area contributed by atoms with Crippen LogP contribution in [0.4, 0.5) is 5.69 Å². The molecule has 1 aliphatic heterocycles. The van der Waals surface area contributed by atoms with Gasteiger partial charge in [0, 0.05) is 37.3 Å². The molecule has 0 bridgehead atoms. The molecule has 120 valence electrons. The molecule has 3 rings (SSSR count). The summed E-state index contributed by atoms with van der Waals surface area (Å²) in [5.74, 6) is -0.184. The molecular weight excluding hydrogens is 316 g/mol. The van der Waals surface area contributed by atoms with Gasteiger partial charge in [0.15, 0.2) is 0 Å². The van der Waals surface area contributed by atoms with Gasteiger partial charge in [0.25, 0.3) is 5.91 Å². The number of benzene rings is 1. The molecule has 1 aliphatic rings. The van der Waals surface area contributed by atoms with Crippen LogP contribution in [0.3, 0.4) is 0 Å². The van der Waals surface area contributed by atoms with Gasteiger partial charge in [-0.15, -0.1) is 0 Å². The fourth-order valence-corrected chi connectivity index (χ4v) is 2.79. The molecule has 0 fully saturated rings. The molecule has 0 saturated heterocycles. The zero-order valence-corrected chi connectivity index (χ0v) is 13.9.